The first-order chi connectivity index (χ1) is 9.41. The Morgan fingerprint density at radius 1 is 1.25 bits per heavy atom. The number of ether oxygens (including phenoxy) is 1. The Labute approximate surface area is 109 Å². The maximum atomic E-state index is 12.8. The molecule has 0 radical (unpaired) electrons. The molecule has 4 nitrogen and oxygen atoms in total. The van der Waals surface area contributed by atoms with Crippen molar-refractivity contribution >= 4 is 21.9 Å². The number of benzene rings is 1. The van der Waals surface area contributed by atoms with Crippen molar-refractivity contribution in [2.75, 3.05) is 7.11 Å². The molecular formula is C13H7F3O4. The zero-order chi connectivity index (χ0) is 14.5. The van der Waals surface area contributed by atoms with Gasteiger partial charge in [0.05, 0.1) is 12.5 Å². The standard InChI is InChI=1S/C13H7F3O4/c1-18-6-2-3-7-9(4-6)20-12(17)10-8(13(14,15)16)5-19-11(7)10/h2-5H,1H3. The van der Waals surface area contributed by atoms with Gasteiger partial charge in [-0.3, -0.25) is 0 Å². The van der Waals surface area contributed by atoms with Crippen LogP contribution in [0.25, 0.3) is 21.9 Å². The molecule has 0 atom stereocenters. The van der Waals surface area contributed by atoms with Crippen LogP contribution < -0.4 is 10.4 Å². The van der Waals surface area contributed by atoms with Gasteiger partial charge in [0.2, 0.25) is 0 Å². The average molecular weight is 284 g/mol. The highest BCUT2D eigenvalue weighted by Crippen LogP contribution is 2.37. The lowest BCUT2D eigenvalue weighted by Gasteiger charge is -2.03. The second-order valence-electron chi connectivity index (χ2n) is 4.10. The molecule has 0 N–H and O–H groups in total. The third-order valence-corrected chi connectivity index (χ3v) is 2.94. The highest BCUT2D eigenvalue weighted by atomic mass is 19.4. The van der Waals surface area contributed by atoms with Crippen LogP contribution in [0.3, 0.4) is 0 Å². The van der Waals surface area contributed by atoms with Gasteiger partial charge in [0, 0.05) is 6.07 Å². The van der Waals surface area contributed by atoms with Crippen molar-refractivity contribution in [1.29, 1.82) is 0 Å². The normalized spacial score (nSPS) is 12.2. The summed E-state index contributed by atoms with van der Waals surface area (Å²) in [5, 5.41) is -0.328. The number of rotatable bonds is 1. The van der Waals surface area contributed by atoms with E-state index < -0.39 is 22.8 Å². The summed E-state index contributed by atoms with van der Waals surface area (Å²) in [5.41, 5.74) is -2.28. The van der Waals surface area contributed by atoms with Crippen LogP contribution in [0.1, 0.15) is 5.56 Å². The lowest BCUT2D eigenvalue weighted by molar-refractivity contribution is -0.136. The Morgan fingerprint density at radius 2 is 2.00 bits per heavy atom. The number of hydrogen-bond acceptors (Lipinski definition) is 4. The molecule has 0 aliphatic heterocycles. The summed E-state index contributed by atoms with van der Waals surface area (Å²) in [6, 6.07) is 4.42. The minimum Gasteiger partial charge on any atom is -0.497 e. The van der Waals surface area contributed by atoms with E-state index in [4.69, 9.17) is 13.6 Å². The first-order valence-corrected chi connectivity index (χ1v) is 5.51. The minimum absolute atomic E-state index is 0.102. The molecular weight excluding hydrogens is 277 g/mol. The Bertz CT molecular complexity index is 858. The van der Waals surface area contributed by atoms with E-state index in [1.54, 1.807) is 0 Å². The summed E-state index contributed by atoms with van der Waals surface area (Å²) in [6.07, 6.45) is -4.16. The average Bonchev–Trinajstić information content (AvgIpc) is 2.83. The van der Waals surface area contributed by atoms with Crippen molar-refractivity contribution in [3.63, 3.8) is 0 Å². The summed E-state index contributed by atoms with van der Waals surface area (Å²) >= 11 is 0. The van der Waals surface area contributed by atoms with E-state index in [9.17, 15) is 18.0 Å². The van der Waals surface area contributed by atoms with Crippen LogP contribution in [-0.2, 0) is 6.18 Å². The van der Waals surface area contributed by atoms with Gasteiger partial charge in [-0.25, -0.2) is 4.79 Å². The van der Waals surface area contributed by atoms with Gasteiger partial charge in [0.15, 0.2) is 5.58 Å². The fraction of sp³-hybridized carbons (Fsp3) is 0.154. The van der Waals surface area contributed by atoms with Crippen molar-refractivity contribution in [2.24, 2.45) is 0 Å². The van der Waals surface area contributed by atoms with Crippen molar-refractivity contribution in [3.05, 3.63) is 40.4 Å². The summed E-state index contributed by atoms with van der Waals surface area (Å²) < 4.78 is 53.2. The largest absolute Gasteiger partial charge is 0.497 e. The van der Waals surface area contributed by atoms with Crippen LogP contribution in [0.5, 0.6) is 5.75 Å². The highest BCUT2D eigenvalue weighted by Gasteiger charge is 2.36. The van der Waals surface area contributed by atoms with E-state index >= 15 is 0 Å². The van der Waals surface area contributed by atoms with Gasteiger partial charge in [-0.2, -0.15) is 13.2 Å². The predicted octanol–water partition coefficient (Wildman–Crippen LogP) is 3.57. The Kier molecular flexibility index (Phi) is 2.53. The molecule has 0 unspecified atom stereocenters. The molecule has 3 rings (SSSR count). The molecule has 7 heteroatoms. The molecule has 0 aliphatic rings. The second-order valence-corrected chi connectivity index (χ2v) is 4.10. The third kappa shape index (κ3) is 1.74. The van der Waals surface area contributed by atoms with Gasteiger partial charge in [0.1, 0.15) is 28.5 Å². The van der Waals surface area contributed by atoms with E-state index in [2.05, 4.69) is 0 Å². The minimum atomic E-state index is -4.68. The Morgan fingerprint density at radius 3 is 2.65 bits per heavy atom. The molecule has 2 aromatic heterocycles. The summed E-state index contributed by atoms with van der Waals surface area (Å²) in [6.45, 7) is 0. The summed E-state index contributed by atoms with van der Waals surface area (Å²) in [5.74, 6) is 0.419. The molecule has 104 valence electrons. The van der Waals surface area contributed by atoms with Crippen molar-refractivity contribution in [3.8, 4) is 5.75 Å². The van der Waals surface area contributed by atoms with Crippen LogP contribution in [-0.4, -0.2) is 7.11 Å². The van der Waals surface area contributed by atoms with Gasteiger partial charge in [0.25, 0.3) is 0 Å². The van der Waals surface area contributed by atoms with Crippen molar-refractivity contribution < 1.29 is 26.7 Å². The van der Waals surface area contributed by atoms with Crippen LogP contribution in [0.15, 0.2) is 38.1 Å². The van der Waals surface area contributed by atoms with E-state index in [0.717, 1.165) is 0 Å². The predicted molar refractivity (Wildman–Crippen MR) is 63.8 cm³/mol. The van der Waals surface area contributed by atoms with E-state index in [1.165, 1.54) is 25.3 Å². The number of furan rings is 1. The first-order valence-electron chi connectivity index (χ1n) is 5.51. The molecule has 3 aromatic rings. The number of alkyl halides is 3. The molecule has 1 aromatic carbocycles. The van der Waals surface area contributed by atoms with Crippen LogP contribution in [0.2, 0.25) is 0 Å². The maximum Gasteiger partial charge on any atom is 0.420 e. The van der Waals surface area contributed by atoms with E-state index in [0.29, 0.717) is 12.0 Å². The van der Waals surface area contributed by atoms with Gasteiger partial charge in [-0.05, 0) is 12.1 Å². The maximum absolute atomic E-state index is 12.8. The second kappa shape index (κ2) is 4.03. The molecule has 0 saturated carbocycles. The monoisotopic (exact) mass is 284 g/mol. The first kappa shape index (κ1) is 12.6. The number of fused-ring (bicyclic) bond motifs is 3. The molecule has 0 fully saturated rings. The van der Waals surface area contributed by atoms with Crippen LogP contribution in [0, 0.1) is 0 Å². The van der Waals surface area contributed by atoms with Crippen molar-refractivity contribution in [2.45, 2.75) is 6.18 Å². The zero-order valence-electron chi connectivity index (χ0n) is 10.1. The molecule has 0 saturated heterocycles. The van der Waals surface area contributed by atoms with Crippen LogP contribution >= 0.6 is 0 Å². The molecule has 0 aliphatic carbocycles. The fourth-order valence-corrected chi connectivity index (χ4v) is 2.02. The quantitative estimate of drug-likeness (QED) is 0.641. The van der Waals surface area contributed by atoms with Crippen molar-refractivity contribution in [1.82, 2.24) is 0 Å². The lowest BCUT2D eigenvalue weighted by atomic mass is 10.1. The van der Waals surface area contributed by atoms with E-state index in [-0.39, 0.29) is 16.6 Å². The van der Waals surface area contributed by atoms with E-state index in [1.807, 2.05) is 0 Å². The topological polar surface area (TPSA) is 52.6 Å². The van der Waals surface area contributed by atoms with Crippen LogP contribution in [0.4, 0.5) is 13.2 Å². The third-order valence-electron chi connectivity index (χ3n) is 2.94. The smallest absolute Gasteiger partial charge is 0.420 e. The number of methoxy groups -OCH3 is 1. The van der Waals surface area contributed by atoms with Gasteiger partial charge < -0.3 is 13.6 Å². The summed E-state index contributed by atoms with van der Waals surface area (Å²) in [4.78, 5) is 11.8. The highest BCUT2D eigenvalue weighted by molar-refractivity contribution is 6.02. The molecule has 0 spiro atoms. The molecule has 2 heterocycles. The SMILES string of the molecule is COc1ccc2c(c1)oc(=O)c1c(C(F)(F)F)coc12. The fourth-order valence-electron chi connectivity index (χ4n) is 2.02. The van der Waals surface area contributed by atoms with Gasteiger partial charge in [-0.1, -0.05) is 0 Å². The molecule has 20 heavy (non-hydrogen) atoms. The molecule has 0 amide bonds. The van der Waals surface area contributed by atoms with Gasteiger partial charge in [-0.15, -0.1) is 0 Å². The summed E-state index contributed by atoms with van der Waals surface area (Å²) in [7, 11) is 1.42. The molecule has 0 bridgehead atoms. The Hall–Kier alpha value is -2.44. The number of halogens is 3. The zero-order valence-corrected chi connectivity index (χ0v) is 10.1. The van der Waals surface area contributed by atoms with Gasteiger partial charge >= 0.3 is 11.8 Å². The Balaban J connectivity index is 2.45. The lowest BCUT2D eigenvalue weighted by Crippen LogP contribution is -2.09. The number of hydrogen-bond donors (Lipinski definition) is 0.